The van der Waals surface area contributed by atoms with Crippen LogP contribution in [0, 0.1) is 0 Å². The predicted octanol–water partition coefficient (Wildman–Crippen LogP) is 7.66. The highest BCUT2D eigenvalue weighted by Crippen LogP contribution is 2.39. The molecule has 0 radical (unpaired) electrons. The van der Waals surface area contributed by atoms with E-state index in [4.69, 9.17) is 15.0 Å². The SMILES string of the molecule is C(=Nc1ccc2c(c1)Cc1ccccc1-2)C1=CCC(C=Nc2ccc3c(c2)Cc2ccccc2-3)=N1. The third kappa shape index (κ3) is 3.66. The molecule has 0 unspecified atom stereocenters. The predicted molar refractivity (Wildman–Crippen MR) is 146 cm³/mol. The minimum Gasteiger partial charge on any atom is -0.255 e. The Kier molecular flexibility index (Phi) is 4.66. The molecule has 2 aliphatic carbocycles. The zero-order valence-corrected chi connectivity index (χ0v) is 19.3. The van der Waals surface area contributed by atoms with Gasteiger partial charge in [-0.25, -0.2) is 0 Å². The first-order valence-electron chi connectivity index (χ1n) is 12.1. The van der Waals surface area contributed by atoms with Gasteiger partial charge in [0, 0.05) is 12.6 Å². The van der Waals surface area contributed by atoms with Crippen LogP contribution >= 0.6 is 0 Å². The largest absolute Gasteiger partial charge is 0.255 e. The molecule has 1 heterocycles. The second kappa shape index (κ2) is 8.14. The number of hydrogen-bond acceptors (Lipinski definition) is 3. The number of allylic oxidation sites excluding steroid dienone is 2. The molecule has 0 spiro atoms. The van der Waals surface area contributed by atoms with Crippen LogP contribution in [0.5, 0.6) is 0 Å². The molecule has 0 N–H and O–H groups in total. The quantitative estimate of drug-likeness (QED) is 0.248. The lowest BCUT2D eigenvalue weighted by molar-refractivity contribution is 1.26. The summed E-state index contributed by atoms with van der Waals surface area (Å²) >= 11 is 0. The van der Waals surface area contributed by atoms with Gasteiger partial charge in [0.25, 0.3) is 0 Å². The van der Waals surface area contributed by atoms with Gasteiger partial charge < -0.3 is 0 Å². The Morgan fingerprint density at radius 2 is 1.11 bits per heavy atom. The molecular formula is C32H23N3. The molecule has 3 heteroatoms. The minimum atomic E-state index is 0.779. The molecule has 0 saturated heterocycles. The van der Waals surface area contributed by atoms with E-state index in [1.807, 2.05) is 12.4 Å². The highest BCUT2D eigenvalue weighted by Gasteiger charge is 2.18. The second-order valence-electron chi connectivity index (χ2n) is 9.30. The smallest absolute Gasteiger partial charge is 0.0780 e. The molecule has 35 heavy (non-hydrogen) atoms. The maximum Gasteiger partial charge on any atom is 0.0780 e. The van der Waals surface area contributed by atoms with E-state index in [9.17, 15) is 0 Å². The molecule has 7 rings (SSSR count). The summed E-state index contributed by atoms with van der Waals surface area (Å²) in [5, 5.41) is 0. The molecule has 166 valence electrons. The van der Waals surface area contributed by atoms with Gasteiger partial charge in [-0.3, -0.25) is 15.0 Å². The van der Waals surface area contributed by atoms with Crippen LogP contribution in [0.3, 0.4) is 0 Å². The van der Waals surface area contributed by atoms with Crippen molar-refractivity contribution in [2.45, 2.75) is 19.3 Å². The van der Waals surface area contributed by atoms with Crippen LogP contribution in [0.4, 0.5) is 11.4 Å². The first-order valence-corrected chi connectivity index (χ1v) is 12.1. The van der Waals surface area contributed by atoms with Gasteiger partial charge in [-0.15, -0.1) is 0 Å². The molecule has 0 fully saturated rings. The fourth-order valence-corrected chi connectivity index (χ4v) is 5.34. The lowest BCUT2D eigenvalue weighted by atomic mass is 10.1. The summed E-state index contributed by atoms with van der Waals surface area (Å²) in [4.78, 5) is 14.1. The maximum absolute atomic E-state index is 4.71. The van der Waals surface area contributed by atoms with Gasteiger partial charge in [0.2, 0.25) is 0 Å². The molecule has 0 aromatic heterocycles. The van der Waals surface area contributed by atoms with Gasteiger partial charge in [-0.05, 0) is 81.6 Å². The average molecular weight is 450 g/mol. The number of fused-ring (bicyclic) bond motifs is 6. The topological polar surface area (TPSA) is 37.1 Å². The van der Waals surface area contributed by atoms with Crippen LogP contribution in [-0.4, -0.2) is 18.1 Å². The zero-order valence-electron chi connectivity index (χ0n) is 19.3. The average Bonchev–Trinajstić information content (AvgIpc) is 3.60. The normalized spacial score (nSPS) is 15.2. The summed E-state index contributed by atoms with van der Waals surface area (Å²) in [5.74, 6) is 0. The van der Waals surface area contributed by atoms with E-state index in [2.05, 4.69) is 91.0 Å². The van der Waals surface area contributed by atoms with Crippen molar-refractivity contribution in [1.29, 1.82) is 0 Å². The van der Waals surface area contributed by atoms with Crippen LogP contribution in [0.2, 0.25) is 0 Å². The maximum atomic E-state index is 4.71. The van der Waals surface area contributed by atoms with Crippen molar-refractivity contribution >= 4 is 29.5 Å². The van der Waals surface area contributed by atoms with E-state index in [0.717, 1.165) is 42.0 Å². The van der Waals surface area contributed by atoms with Crippen molar-refractivity contribution < 1.29 is 0 Å². The van der Waals surface area contributed by atoms with Crippen molar-refractivity contribution in [3.63, 3.8) is 0 Å². The Labute approximate surface area is 205 Å². The minimum absolute atomic E-state index is 0.779. The Morgan fingerprint density at radius 3 is 1.74 bits per heavy atom. The second-order valence-corrected chi connectivity index (χ2v) is 9.30. The standard InChI is InChI=1S/C32H23N3/c1-3-7-29-21(5-1)15-23-17-25(11-13-31(23)29)33-19-27-9-10-28(35-27)20-34-26-12-14-32-24(18-26)16-22-6-2-4-8-30(22)32/h1-9,11-14,17-20H,10,15-16H2. The van der Waals surface area contributed by atoms with Crippen LogP contribution in [0.1, 0.15) is 28.7 Å². The zero-order chi connectivity index (χ0) is 23.2. The molecule has 0 saturated carbocycles. The van der Waals surface area contributed by atoms with Crippen LogP contribution in [0.15, 0.2) is 112 Å². The van der Waals surface area contributed by atoms with E-state index >= 15 is 0 Å². The van der Waals surface area contributed by atoms with Crippen molar-refractivity contribution in [3.05, 3.63) is 119 Å². The van der Waals surface area contributed by atoms with Gasteiger partial charge in [-0.2, -0.15) is 0 Å². The number of benzene rings is 4. The van der Waals surface area contributed by atoms with Crippen molar-refractivity contribution in [1.82, 2.24) is 0 Å². The molecule has 4 aromatic carbocycles. The number of hydrogen-bond donors (Lipinski definition) is 0. The Morgan fingerprint density at radius 1 is 0.571 bits per heavy atom. The van der Waals surface area contributed by atoms with Crippen molar-refractivity contribution in [3.8, 4) is 22.3 Å². The van der Waals surface area contributed by atoms with E-state index in [1.54, 1.807) is 0 Å². The van der Waals surface area contributed by atoms with E-state index in [-0.39, 0.29) is 0 Å². The Hall–Kier alpha value is -4.37. The first kappa shape index (κ1) is 20.0. The molecule has 0 bridgehead atoms. The molecule has 0 atom stereocenters. The lowest BCUT2D eigenvalue weighted by Gasteiger charge is -2.01. The Bertz CT molecular complexity index is 1620. The molecule has 4 aromatic rings. The summed E-state index contributed by atoms with van der Waals surface area (Å²) in [7, 11) is 0. The monoisotopic (exact) mass is 449 g/mol. The highest BCUT2D eigenvalue weighted by molar-refractivity contribution is 6.33. The van der Waals surface area contributed by atoms with Gasteiger partial charge in [0.05, 0.1) is 29.0 Å². The van der Waals surface area contributed by atoms with Gasteiger partial charge in [0.1, 0.15) is 0 Å². The molecule has 3 nitrogen and oxygen atoms in total. The summed E-state index contributed by atoms with van der Waals surface area (Å²) in [6.07, 6.45) is 8.58. The molecule has 0 amide bonds. The lowest BCUT2D eigenvalue weighted by Crippen LogP contribution is -1.93. The van der Waals surface area contributed by atoms with E-state index in [1.165, 1.54) is 44.5 Å². The van der Waals surface area contributed by atoms with E-state index < -0.39 is 0 Å². The summed E-state index contributed by atoms with van der Waals surface area (Å²) in [6, 6.07) is 30.2. The summed E-state index contributed by atoms with van der Waals surface area (Å²) in [6.45, 7) is 0. The first-order chi connectivity index (χ1) is 17.3. The number of nitrogens with zero attached hydrogens (tertiary/aromatic N) is 3. The van der Waals surface area contributed by atoms with Crippen LogP contribution in [-0.2, 0) is 12.8 Å². The molecular weight excluding hydrogens is 426 g/mol. The van der Waals surface area contributed by atoms with Crippen molar-refractivity contribution in [2.24, 2.45) is 15.0 Å². The van der Waals surface area contributed by atoms with Crippen LogP contribution in [0.25, 0.3) is 22.3 Å². The fourth-order valence-electron chi connectivity index (χ4n) is 5.34. The van der Waals surface area contributed by atoms with Gasteiger partial charge >= 0.3 is 0 Å². The van der Waals surface area contributed by atoms with E-state index in [0.29, 0.717) is 0 Å². The number of rotatable bonds is 4. The molecule has 1 aliphatic heterocycles. The number of aliphatic imine (C=N–C) groups is 3. The van der Waals surface area contributed by atoms with Gasteiger partial charge in [0.15, 0.2) is 0 Å². The van der Waals surface area contributed by atoms with Crippen LogP contribution < -0.4 is 0 Å². The third-order valence-electron chi connectivity index (χ3n) is 7.06. The summed E-state index contributed by atoms with van der Waals surface area (Å²) in [5.41, 5.74) is 14.6. The molecule has 3 aliphatic rings. The third-order valence-corrected chi connectivity index (χ3v) is 7.06. The Balaban J connectivity index is 1.04. The van der Waals surface area contributed by atoms with Gasteiger partial charge in [-0.1, -0.05) is 66.7 Å². The van der Waals surface area contributed by atoms with Crippen molar-refractivity contribution in [2.75, 3.05) is 0 Å². The fraction of sp³-hybridized carbons (Fsp3) is 0.0938. The highest BCUT2D eigenvalue weighted by atomic mass is 14.8. The summed E-state index contributed by atoms with van der Waals surface area (Å²) < 4.78 is 0.